The second-order valence-electron chi connectivity index (χ2n) is 7.37. The van der Waals surface area contributed by atoms with Crippen LogP contribution in [0, 0.1) is 6.92 Å². The first-order valence-corrected chi connectivity index (χ1v) is 8.51. The van der Waals surface area contributed by atoms with Crippen molar-refractivity contribution < 1.29 is 4.79 Å². The van der Waals surface area contributed by atoms with Gasteiger partial charge in [-0.3, -0.25) is 9.69 Å². The largest absolute Gasteiger partial charge is 0.347 e. The fourth-order valence-electron chi connectivity index (χ4n) is 4.43. The Morgan fingerprint density at radius 2 is 2.09 bits per heavy atom. The van der Waals surface area contributed by atoms with Crippen LogP contribution in [0.5, 0.6) is 0 Å². The number of nitrogens with zero attached hydrogens (tertiary/aromatic N) is 3. The number of benzene rings is 1. The summed E-state index contributed by atoms with van der Waals surface area (Å²) in [7, 11) is 5.93. The van der Waals surface area contributed by atoms with Gasteiger partial charge in [0.25, 0.3) is 0 Å². The molecule has 1 saturated heterocycles. The molecule has 0 saturated carbocycles. The summed E-state index contributed by atoms with van der Waals surface area (Å²) in [4.78, 5) is 16.6. The van der Waals surface area contributed by atoms with Crippen LogP contribution in [-0.4, -0.2) is 47.5 Å². The molecule has 2 unspecified atom stereocenters. The predicted octanol–water partition coefficient (Wildman–Crippen LogP) is 2.73. The van der Waals surface area contributed by atoms with E-state index in [0.717, 1.165) is 6.42 Å². The van der Waals surface area contributed by atoms with Gasteiger partial charge in [-0.25, -0.2) is 0 Å². The first-order valence-electron chi connectivity index (χ1n) is 8.51. The lowest BCUT2D eigenvalue weighted by Gasteiger charge is -2.32. The Balaban J connectivity index is 1.93. The van der Waals surface area contributed by atoms with Crippen LogP contribution in [0.2, 0.25) is 0 Å². The van der Waals surface area contributed by atoms with E-state index < -0.39 is 0 Å². The molecule has 4 rings (SSSR count). The Bertz CT molecular complexity index is 789. The van der Waals surface area contributed by atoms with Crippen molar-refractivity contribution in [3.8, 4) is 0 Å². The Hall–Kier alpha value is -1.81. The van der Waals surface area contributed by atoms with E-state index in [1.807, 2.05) is 14.1 Å². The van der Waals surface area contributed by atoms with Crippen LogP contribution in [0.25, 0.3) is 10.9 Å². The van der Waals surface area contributed by atoms with E-state index in [0.29, 0.717) is 18.6 Å². The average molecular weight is 311 g/mol. The number of aromatic nitrogens is 1. The normalized spacial score (nSPS) is 23.3. The highest BCUT2D eigenvalue weighted by Gasteiger charge is 2.40. The number of hydrogen-bond acceptors (Lipinski definition) is 2. The molecule has 0 N–H and O–H groups in total. The number of likely N-dealkylation sites (N-methyl/N-ethyl adjacent to an activating group) is 2. The highest BCUT2D eigenvalue weighted by Crippen LogP contribution is 2.46. The quantitative estimate of drug-likeness (QED) is 0.853. The molecule has 2 aliphatic rings. The molecule has 4 heteroatoms. The summed E-state index contributed by atoms with van der Waals surface area (Å²) in [5.41, 5.74) is 5.38. The van der Waals surface area contributed by atoms with Crippen LogP contribution in [0.3, 0.4) is 0 Å². The molecule has 0 spiro atoms. The Morgan fingerprint density at radius 3 is 2.83 bits per heavy atom. The second kappa shape index (κ2) is 5.10. The van der Waals surface area contributed by atoms with E-state index in [2.05, 4.69) is 41.6 Å². The molecular weight excluding hydrogens is 286 g/mol. The molecule has 1 aromatic carbocycles. The highest BCUT2D eigenvalue weighted by molar-refractivity contribution is 5.89. The van der Waals surface area contributed by atoms with Crippen LogP contribution in [-0.2, 0) is 17.8 Å². The van der Waals surface area contributed by atoms with Gasteiger partial charge in [0.05, 0.1) is 0 Å². The molecule has 3 heterocycles. The predicted molar refractivity (Wildman–Crippen MR) is 92.6 cm³/mol. The maximum atomic E-state index is 12.3. The topological polar surface area (TPSA) is 28.5 Å². The maximum Gasteiger partial charge on any atom is 0.242 e. The highest BCUT2D eigenvalue weighted by atomic mass is 16.2. The van der Waals surface area contributed by atoms with Crippen molar-refractivity contribution in [3.05, 3.63) is 35.0 Å². The first-order chi connectivity index (χ1) is 11.0. The molecule has 122 valence electrons. The lowest BCUT2D eigenvalue weighted by molar-refractivity contribution is -0.129. The summed E-state index contributed by atoms with van der Waals surface area (Å²) in [6.45, 7) is 2.60. The molecular formula is C19H25N3O. The minimum Gasteiger partial charge on any atom is -0.347 e. The number of aryl methyl sites for hydroxylation is 1. The fourth-order valence-corrected chi connectivity index (χ4v) is 4.43. The molecule has 23 heavy (non-hydrogen) atoms. The van der Waals surface area contributed by atoms with E-state index >= 15 is 0 Å². The van der Waals surface area contributed by atoms with Gasteiger partial charge in [0.2, 0.25) is 5.91 Å². The summed E-state index contributed by atoms with van der Waals surface area (Å²) < 4.78 is 2.28. The summed E-state index contributed by atoms with van der Waals surface area (Å²) in [5.74, 6) is 0.163. The third-order valence-corrected chi connectivity index (χ3v) is 5.77. The minimum atomic E-state index is 0.163. The van der Waals surface area contributed by atoms with Gasteiger partial charge in [0.1, 0.15) is 6.54 Å². The van der Waals surface area contributed by atoms with Gasteiger partial charge in [-0.15, -0.1) is 0 Å². The zero-order valence-corrected chi connectivity index (χ0v) is 14.5. The van der Waals surface area contributed by atoms with Crippen LogP contribution >= 0.6 is 0 Å². The molecule has 1 amide bonds. The monoisotopic (exact) mass is 311 g/mol. The minimum absolute atomic E-state index is 0.163. The van der Waals surface area contributed by atoms with Gasteiger partial charge in [0, 0.05) is 49.2 Å². The van der Waals surface area contributed by atoms with Gasteiger partial charge in [0.15, 0.2) is 0 Å². The number of rotatable bonds is 2. The number of carbonyl (C=O) groups is 1. The zero-order valence-electron chi connectivity index (χ0n) is 14.5. The molecule has 2 bridgehead atoms. The van der Waals surface area contributed by atoms with Crippen molar-refractivity contribution in [3.63, 3.8) is 0 Å². The summed E-state index contributed by atoms with van der Waals surface area (Å²) >= 11 is 0. The van der Waals surface area contributed by atoms with Crippen LogP contribution in [0.1, 0.15) is 35.7 Å². The summed E-state index contributed by atoms with van der Waals surface area (Å²) in [6.07, 6.45) is 3.57. The van der Waals surface area contributed by atoms with Crippen LogP contribution < -0.4 is 0 Å². The van der Waals surface area contributed by atoms with Crippen molar-refractivity contribution in [1.82, 2.24) is 14.4 Å². The molecule has 2 aromatic rings. The lowest BCUT2D eigenvalue weighted by atomic mass is 9.97. The Labute approximate surface area is 137 Å². The molecule has 1 fully saturated rings. The molecule has 1 aromatic heterocycles. The van der Waals surface area contributed by atoms with E-state index in [9.17, 15) is 4.79 Å². The lowest BCUT2D eigenvalue weighted by Crippen LogP contribution is -2.35. The summed E-state index contributed by atoms with van der Waals surface area (Å²) in [5, 5.41) is 1.35. The van der Waals surface area contributed by atoms with Crippen molar-refractivity contribution >= 4 is 16.8 Å². The standard InChI is InChI=1S/C19H25N3O/c1-12-5-7-15-14(9-12)19-16-8-6-13(21(16)4)10-17(19)22(15)11-18(23)20(2)3/h5,7,9,13,16H,6,8,10-11H2,1-4H3. The van der Waals surface area contributed by atoms with Gasteiger partial charge < -0.3 is 9.47 Å². The molecule has 0 radical (unpaired) electrons. The Kier molecular flexibility index (Phi) is 3.27. The number of carbonyl (C=O) groups excluding carboxylic acids is 1. The van der Waals surface area contributed by atoms with Crippen molar-refractivity contribution in [1.29, 1.82) is 0 Å². The fraction of sp³-hybridized carbons (Fsp3) is 0.526. The molecule has 0 aliphatic carbocycles. The molecule has 2 atom stereocenters. The zero-order chi connectivity index (χ0) is 16.3. The number of hydrogen-bond donors (Lipinski definition) is 0. The van der Waals surface area contributed by atoms with Crippen molar-refractivity contribution in [2.45, 2.75) is 44.8 Å². The average Bonchev–Trinajstić information content (AvgIpc) is 2.91. The van der Waals surface area contributed by atoms with Gasteiger partial charge in [-0.1, -0.05) is 11.6 Å². The Morgan fingerprint density at radius 1 is 1.30 bits per heavy atom. The van der Waals surface area contributed by atoms with Crippen LogP contribution in [0.15, 0.2) is 18.2 Å². The van der Waals surface area contributed by atoms with E-state index in [1.54, 1.807) is 4.90 Å². The van der Waals surface area contributed by atoms with Gasteiger partial charge >= 0.3 is 0 Å². The molecule has 2 aliphatic heterocycles. The van der Waals surface area contributed by atoms with E-state index in [4.69, 9.17) is 0 Å². The van der Waals surface area contributed by atoms with Crippen LogP contribution in [0.4, 0.5) is 0 Å². The number of amides is 1. The SMILES string of the molecule is Cc1ccc2c(c1)c1c(n2CC(=O)N(C)C)CC2CCC1N2C. The maximum absolute atomic E-state index is 12.3. The van der Waals surface area contributed by atoms with Gasteiger partial charge in [-0.05, 0) is 44.5 Å². The van der Waals surface area contributed by atoms with E-state index in [1.165, 1.54) is 40.6 Å². The van der Waals surface area contributed by atoms with Crippen molar-refractivity contribution in [2.24, 2.45) is 0 Å². The van der Waals surface area contributed by atoms with E-state index in [-0.39, 0.29) is 5.91 Å². The van der Waals surface area contributed by atoms with Crippen molar-refractivity contribution in [2.75, 3.05) is 21.1 Å². The smallest absolute Gasteiger partial charge is 0.242 e. The summed E-state index contributed by atoms with van der Waals surface area (Å²) in [6, 6.07) is 7.80. The third-order valence-electron chi connectivity index (χ3n) is 5.77. The first kappa shape index (κ1) is 14.8. The number of fused-ring (bicyclic) bond motifs is 6. The second-order valence-corrected chi connectivity index (χ2v) is 7.37. The molecule has 4 nitrogen and oxygen atoms in total. The van der Waals surface area contributed by atoms with Gasteiger partial charge in [-0.2, -0.15) is 0 Å². The third kappa shape index (κ3) is 2.12.